The molecule has 0 unspecified atom stereocenters. The van der Waals surface area contributed by atoms with Crippen molar-refractivity contribution in [1.82, 2.24) is 19.8 Å². The summed E-state index contributed by atoms with van der Waals surface area (Å²) in [5.74, 6) is 0.401. The lowest BCUT2D eigenvalue weighted by atomic mass is 9.88. The van der Waals surface area contributed by atoms with Gasteiger partial charge in [0.1, 0.15) is 5.69 Å². The van der Waals surface area contributed by atoms with E-state index in [1.165, 1.54) is 18.2 Å². The summed E-state index contributed by atoms with van der Waals surface area (Å²) in [7, 11) is 0. The lowest BCUT2D eigenvalue weighted by Crippen LogP contribution is -2.48. The van der Waals surface area contributed by atoms with Crippen LogP contribution in [0.3, 0.4) is 0 Å². The molecule has 1 saturated carbocycles. The van der Waals surface area contributed by atoms with Crippen LogP contribution in [0.5, 0.6) is 0 Å². The van der Waals surface area contributed by atoms with Crippen LogP contribution in [0.25, 0.3) is 5.69 Å². The number of benzene rings is 1. The van der Waals surface area contributed by atoms with Gasteiger partial charge in [-0.1, -0.05) is 49.2 Å². The molecule has 6 nitrogen and oxygen atoms in total. The maximum absolute atomic E-state index is 13.3. The maximum atomic E-state index is 13.3. The number of likely N-dealkylation sites (tertiary alicyclic amines) is 1. The molecule has 30 heavy (non-hydrogen) atoms. The van der Waals surface area contributed by atoms with Crippen molar-refractivity contribution in [2.45, 2.75) is 56.1 Å². The van der Waals surface area contributed by atoms with Crippen molar-refractivity contribution >= 4 is 23.6 Å². The third-order valence-electron chi connectivity index (χ3n) is 6.25. The summed E-state index contributed by atoms with van der Waals surface area (Å²) in [5, 5.41) is 4.05. The van der Waals surface area contributed by atoms with E-state index in [1.807, 2.05) is 46.1 Å². The molecule has 2 heterocycles. The molecular formula is C23H30N4O2S. The fraction of sp³-hybridized carbons (Fsp3) is 0.522. The van der Waals surface area contributed by atoms with Crippen LogP contribution < -0.4 is 5.32 Å². The normalized spacial score (nSPS) is 18.4. The lowest BCUT2D eigenvalue weighted by Gasteiger charge is -2.33. The van der Waals surface area contributed by atoms with Gasteiger partial charge in [0.2, 0.25) is 5.91 Å². The Balaban J connectivity index is 1.39. The molecule has 1 aromatic carbocycles. The summed E-state index contributed by atoms with van der Waals surface area (Å²) in [6.07, 6.45) is 10.9. The highest BCUT2D eigenvalue weighted by molar-refractivity contribution is 7.98. The van der Waals surface area contributed by atoms with Gasteiger partial charge in [0.05, 0.1) is 6.20 Å². The standard InChI is InChI=1S/C23H30N4O2S/c1-30-23-24-16-20(27(23)19-10-6-3-7-11-19)22(29)26-14-12-18(13-15-26)25-21(28)17-8-4-2-5-9-17/h3,6-7,10-11,16-18H,2,4-5,8-9,12-15H2,1H3,(H,25,28). The van der Waals surface area contributed by atoms with E-state index in [0.717, 1.165) is 49.4 Å². The van der Waals surface area contributed by atoms with Crippen molar-refractivity contribution < 1.29 is 9.59 Å². The Morgan fingerprint density at radius 1 is 1.03 bits per heavy atom. The summed E-state index contributed by atoms with van der Waals surface area (Å²) in [4.78, 5) is 32.1. The van der Waals surface area contributed by atoms with Gasteiger partial charge in [0.15, 0.2) is 5.16 Å². The maximum Gasteiger partial charge on any atom is 0.272 e. The van der Waals surface area contributed by atoms with Crippen LogP contribution in [-0.2, 0) is 4.79 Å². The van der Waals surface area contributed by atoms with Gasteiger partial charge in [-0.3, -0.25) is 14.2 Å². The Hall–Kier alpha value is -2.28. The average Bonchev–Trinajstić information content (AvgIpc) is 3.24. The van der Waals surface area contributed by atoms with E-state index in [1.54, 1.807) is 6.20 Å². The van der Waals surface area contributed by atoms with Crippen molar-refractivity contribution in [1.29, 1.82) is 0 Å². The van der Waals surface area contributed by atoms with Gasteiger partial charge in [-0.2, -0.15) is 0 Å². The number of hydrogen-bond donors (Lipinski definition) is 1. The summed E-state index contributed by atoms with van der Waals surface area (Å²) in [6.45, 7) is 1.31. The topological polar surface area (TPSA) is 67.2 Å². The van der Waals surface area contributed by atoms with Crippen molar-refractivity contribution in [3.8, 4) is 5.69 Å². The highest BCUT2D eigenvalue weighted by atomic mass is 32.2. The van der Waals surface area contributed by atoms with Gasteiger partial charge < -0.3 is 10.2 Å². The van der Waals surface area contributed by atoms with Crippen LogP contribution in [0, 0.1) is 5.92 Å². The van der Waals surface area contributed by atoms with Gasteiger partial charge in [0, 0.05) is 30.7 Å². The highest BCUT2D eigenvalue weighted by Crippen LogP contribution is 2.26. The Labute approximate surface area is 182 Å². The Kier molecular flexibility index (Phi) is 6.77. The van der Waals surface area contributed by atoms with E-state index < -0.39 is 0 Å². The number of para-hydroxylation sites is 1. The summed E-state index contributed by atoms with van der Waals surface area (Å²) < 4.78 is 1.93. The van der Waals surface area contributed by atoms with E-state index >= 15 is 0 Å². The summed E-state index contributed by atoms with van der Waals surface area (Å²) in [6, 6.07) is 10.1. The van der Waals surface area contributed by atoms with Gasteiger partial charge in [-0.25, -0.2) is 4.98 Å². The molecule has 2 amide bonds. The van der Waals surface area contributed by atoms with Gasteiger partial charge in [0.25, 0.3) is 5.91 Å². The number of amides is 2. The Morgan fingerprint density at radius 2 is 1.73 bits per heavy atom. The minimum absolute atomic E-state index is 0.00344. The Morgan fingerprint density at radius 3 is 2.40 bits per heavy atom. The number of carbonyl (C=O) groups is 2. The number of thioether (sulfide) groups is 1. The molecule has 2 aromatic rings. The van der Waals surface area contributed by atoms with Crippen LogP contribution in [0.2, 0.25) is 0 Å². The largest absolute Gasteiger partial charge is 0.353 e. The first-order chi connectivity index (χ1) is 14.7. The molecule has 2 aliphatic rings. The van der Waals surface area contributed by atoms with E-state index in [2.05, 4.69) is 10.3 Å². The van der Waals surface area contributed by atoms with Crippen molar-refractivity contribution in [2.24, 2.45) is 5.92 Å². The third-order valence-corrected chi connectivity index (χ3v) is 6.90. The summed E-state index contributed by atoms with van der Waals surface area (Å²) in [5.41, 5.74) is 1.53. The van der Waals surface area contributed by atoms with Gasteiger partial charge in [-0.05, 0) is 44.1 Å². The first kappa shape index (κ1) is 21.0. The molecule has 1 saturated heterocycles. The monoisotopic (exact) mass is 426 g/mol. The van der Waals surface area contributed by atoms with Crippen LogP contribution in [0.4, 0.5) is 0 Å². The van der Waals surface area contributed by atoms with Crippen molar-refractivity contribution in [3.63, 3.8) is 0 Å². The van der Waals surface area contributed by atoms with Crippen molar-refractivity contribution in [2.75, 3.05) is 19.3 Å². The molecule has 1 aliphatic carbocycles. The number of nitrogens with zero attached hydrogens (tertiary/aromatic N) is 3. The quantitative estimate of drug-likeness (QED) is 0.737. The zero-order valence-electron chi connectivity index (χ0n) is 17.5. The number of piperidine rings is 1. The first-order valence-electron chi connectivity index (χ1n) is 10.9. The molecule has 160 valence electrons. The fourth-order valence-corrected chi connectivity index (χ4v) is 5.07. The molecule has 1 N–H and O–H groups in total. The Bertz CT molecular complexity index is 869. The second kappa shape index (κ2) is 9.69. The molecule has 4 rings (SSSR count). The zero-order chi connectivity index (χ0) is 20.9. The van der Waals surface area contributed by atoms with E-state index in [-0.39, 0.29) is 23.8 Å². The number of imidazole rings is 1. The second-order valence-corrected chi connectivity index (χ2v) is 8.98. The number of carbonyl (C=O) groups excluding carboxylic acids is 2. The van der Waals surface area contributed by atoms with E-state index in [0.29, 0.717) is 18.8 Å². The van der Waals surface area contributed by atoms with E-state index in [4.69, 9.17) is 0 Å². The second-order valence-electron chi connectivity index (χ2n) is 8.21. The minimum Gasteiger partial charge on any atom is -0.353 e. The van der Waals surface area contributed by atoms with Crippen molar-refractivity contribution in [3.05, 3.63) is 42.2 Å². The van der Waals surface area contributed by atoms with Crippen LogP contribution >= 0.6 is 11.8 Å². The minimum atomic E-state index is 0.00344. The van der Waals surface area contributed by atoms with Gasteiger partial charge in [-0.15, -0.1) is 0 Å². The lowest BCUT2D eigenvalue weighted by molar-refractivity contribution is -0.126. The smallest absolute Gasteiger partial charge is 0.272 e. The fourth-order valence-electron chi connectivity index (χ4n) is 4.53. The molecular weight excluding hydrogens is 396 g/mol. The number of nitrogens with one attached hydrogen (secondary N) is 1. The average molecular weight is 427 g/mol. The highest BCUT2D eigenvalue weighted by Gasteiger charge is 2.29. The van der Waals surface area contributed by atoms with Crippen LogP contribution in [-0.4, -0.2) is 51.7 Å². The summed E-state index contributed by atoms with van der Waals surface area (Å²) >= 11 is 1.53. The molecule has 0 atom stereocenters. The molecule has 0 radical (unpaired) electrons. The molecule has 0 bridgehead atoms. The number of aromatic nitrogens is 2. The number of rotatable bonds is 5. The molecule has 7 heteroatoms. The zero-order valence-corrected chi connectivity index (χ0v) is 18.4. The van der Waals surface area contributed by atoms with Crippen LogP contribution in [0.15, 0.2) is 41.7 Å². The molecule has 2 fully saturated rings. The predicted octanol–water partition coefficient (Wildman–Crippen LogP) is 3.90. The molecule has 1 aromatic heterocycles. The van der Waals surface area contributed by atoms with E-state index in [9.17, 15) is 9.59 Å². The van der Waals surface area contributed by atoms with Crippen LogP contribution in [0.1, 0.15) is 55.4 Å². The number of hydrogen-bond acceptors (Lipinski definition) is 4. The molecule has 0 spiro atoms. The SMILES string of the molecule is CSc1ncc(C(=O)N2CCC(NC(=O)C3CCCCC3)CC2)n1-c1ccccc1. The third kappa shape index (κ3) is 4.56. The van der Waals surface area contributed by atoms with Gasteiger partial charge >= 0.3 is 0 Å². The first-order valence-corrected chi connectivity index (χ1v) is 12.2. The predicted molar refractivity (Wildman–Crippen MR) is 119 cm³/mol. The molecule has 1 aliphatic heterocycles.